The smallest absolute Gasteiger partial charge is 0.224 e. The molecule has 9 heteroatoms. The first-order valence-electron chi connectivity index (χ1n) is 7.78. The second-order valence-electron chi connectivity index (χ2n) is 5.88. The molecule has 1 aromatic rings. The Morgan fingerprint density at radius 2 is 1.76 bits per heavy atom. The van der Waals surface area contributed by atoms with Gasteiger partial charge in [0.2, 0.25) is 11.8 Å². The first-order valence-corrected chi connectivity index (χ1v) is 7.78. The van der Waals surface area contributed by atoms with E-state index < -0.39 is 43.2 Å². The summed E-state index contributed by atoms with van der Waals surface area (Å²) >= 11 is 0. The summed E-state index contributed by atoms with van der Waals surface area (Å²) in [6.07, 6.45) is -5.63. The van der Waals surface area contributed by atoms with Crippen molar-refractivity contribution in [1.29, 1.82) is 0 Å². The SMILES string of the molecule is CC(=O)Nc1ccc(CC(=O)NC2C(O)O[C@H](CO)C(O)[C@@H]2O)cc1. The molecule has 6 N–H and O–H groups in total. The van der Waals surface area contributed by atoms with E-state index >= 15 is 0 Å². The Balaban J connectivity index is 1.94. The van der Waals surface area contributed by atoms with Crippen molar-refractivity contribution in [2.24, 2.45) is 0 Å². The van der Waals surface area contributed by atoms with Crippen molar-refractivity contribution in [2.45, 2.75) is 44.0 Å². The van der Waals surface area contributed by atoms with Crippen LogP contribution in [0.25, 0.3) is 0 Å². The number of ether oxygens (including phenoxy) is 1. The fraction of sp³-hybridized carbons (Fsp3) is 0.500. The lowest BCUT2D eigenvalue weighted by Crippen LogP contribution is -2.64. The molecule has 0 bridgehead atoms. The maximum atomic E-state index is 12.1. The maximum Gasteiger partial charge on any atom is 0.224 e. The summed E-state index contributed by atoms with van der Waals surface area (Å²) in [7, 11) is 0. The van der Waals surface area contributed by atoms with Gasteiger partial charge in [-0.1, -0.05) is 12.1 Å². The molecule has 2 rings (SSSR count). The first-order chi connectivity index (χ1) is 11.8. The van der Waals surface area contributed by atoms with Gasteiger partial charge in [0.05, 0.1) is 13.0 Å². The van der Waals surface area contributed by atoms with Crippen molar-refractivity contribution in [2.75, 3.05) is 11.9 Å². The van der Waals surface area contributed by atoms with Crippen LogP contribution in [0.1, 0.15) is 12.5 Å². The van der Waals surface area contributed by atoms with Crippen LogP contribution in [0, 0.1) is 0 Å². The van der Waals surface area contributed by atoms with Gasteiger partial charge in [0, 0.05) is 12.6 Å². The normalized spacial score (nSPS) is 29.1. The number of nitrogens with one attached hydrogen (secondary N) is 2. The highest BCUT2D eigenvalue weighted by molar-refractivity contribution is 5.88. The third-order valence-corrected chi connectivity index (χ3v) is 3.87. The van der Waals surface area contributed by atoms with E-state index in [1.54, 1.807) is 24.3 Å². The van der Waals surface area contributed by atoms with Crippen LogP contribution >= 0.6 is 0 Å². The number of anilines is 1. The van der Waals surface area contributed by atoms with E-state index in [9.17, 15) is 24.9 Å². The lowest BCUT2D eigenvalue weighted by Gasteiger charge is -2.40. The summed E-state index contributed by atoms with van der Waals surface area (Å²) in [5.74, 6) is -0.695. The summed E-state index contributed by atoms with van der Waals surface area (Å²) in [4.78, 5) is 23.1. The van der Waals surface area contributed by atoms with Gasteiger partial charge in [-0.05, 0) is 17.7 Å². The fourth-order valence-corrected chi connectivity index (χ4v) is 2.58. The van der Waals surface area contributed by atoms with Crippen LogP contribution in [-0.2, 0) is 20.7 Å². The molecule has 9 nitrogen and oxygen atoms in total. The Hall–Kier alpha value is -2.04. The largest absolute Gasteiger partial charge is 0.394 e. The molecule has 0 saturated carbocycles. The Morgan fingerprint density at radius 1 is 1.12 bits per heavy atom. The van der Waals surface area contributed by atoms with E-state index in [1.165, 1.54) is 6.92 Å². The minimum Gasteiger partial charge on any atom is -0.394 e. The van der Waals surface area contributed by atoms with E-state index in [1.807, 2.05) is 0 Å². The second-order valence-corrected chi connectivity index (χ2v) is 5.88. The van der Waals surface area contributed by atoms with Gasteiger partial charge in [-0.15, -0.1) is 0 Å². The number of carbonyl (C=O) groups excluding carboxylic acids is 2. The van der Waals surface area contributed by atoms with Gasteiger partial charge in [0.25, 0.3) is 0 Å². The van der Waals surface area contributed by atoms with Gasteiger partial charge in [-0.2, -0.15) is 0 Å². The number of aliphatic hydroxyl groups excluding tert-OH is 4. The van der Waals surface area contributed by atoms with Crippen LogP contribution < -0.4 is 10.6 Å². The molecule has 1 saturated heterocycles. The number of hydrogen-bond acceptors (Lipinski definition) is 7. The molecule has 1 aromatic carbocycles. The number of amides is 2. The molecule has 1 fully saturated rings. The zero-order chi connectivity index (χ0) is 18.6. The van der Waals surface area contributed by atoms with E-state index in [2.05, 4.69) is 10.6 Å². The number of hydrogen-bond donors (Lipinski definition) is 6. The molecule has 0 spiro atoms. The lowest BCUT2D eigenvalue weighted by atomic mass is 9.97. The summed E-state index contributed by atoms with van der Waals surface area (Å²) in [5.41, 5.74) is 1.25. The predicted molar refractivity (Wildman–Crippen MR) is 86.4 cm³/mol. The topological polar surface area (TPSA) is 148 Å². The third-order valence-electron chi connectivity index (χ3n) is 3.87. The van der Waals surface area contributed by atoms with Crippen LogP contribution in [0.15, 0.2) is 24.3 Å². The Labute approximate surface area is 144 Å². The molecular formula is C16H22N2O7. The number of rotatable bonds is 5. The van der Waals surface area contributed by atoms with E-state index in [0.29, 0.717) is 11.3 Å². The Morgan fingerprint density at radius 3 is 2.32 bits per heavy atom. The predicted octanol–water partition coefficient (Wildman–Crippen LogP) is -1.90. The average molecular weight is 354 g/mol. The Kier molecular flexibility index (Phi) is 6.45. The van der Waals surface area contributed by atoms with Crippen molar-refractivity contribution in [3.63, 3.8) is 0 Å². The van der Waals surface area contributed by atoms with Gasteiger partial charge in [0.1, 0.15) is 24.4 Å². The molecule has 25 heavy (non-hydrogen) atoms. The minimum absolute atomic E-state index is 0.0319. The van der Waals surface area contributed by atoms with E-state index in [0.717, 1.165) is 0 Å². The standard InChI is InChI=1S/C16H22N2O7/c1-8(20)17-10-4-2-9(3-5-10)6-12(21)18-13-15(23)14(22)11(7-19)25-16(13)24/h2-5,11,13-16,19,22-24H,6-7H2,1H3,(H,17,20)(H,18,21)/t11-,13?,14?,15-,16?/m1/s1. The molecule has 3 unspecified atom stereocenters. The van der Waals surface area contributed by atoms with Gasteiger partial charge >= 0.3 is 0 Å². The highest BCUT2D eigenvalue weighted by Gasteiger charge is 2.44. The highest BCUT2D eigenvalue weighted by atomic mass is 16.6. The number of carbonyl (C=O) groups is 2. The van der Waals surface area contributed by atoms with Crippen LogP contribution in [0.5, 0.6) is 0 Å². The zero-order valence-electron chi connectivity index (χ0n) is 13.6. The lowest BCUT2D eigenvalue weighted by molar-refractivity contribution is -0.253. The molecule has 138 valence electrons. The average Bonchev–Trinajstić information content (AvgIpc) is 2.56. The van der Waals surface area contributed by atoms with Gasteiger partial charge in [-0.3, -0.25) is 9.59 Å². The first kappa shape index (κ1) is 19.3. The summed E-state index contributed by atoms with van der Waals surface area (Å²) in [6, 6.07) is 5.39. The highest BCUT2D eigenvalue weighted by Crippen LogP contribution is 2.20. The van der Waals surface area contributed by atoms with Gasteiger partial charge < -0.3 is 35.8 Å². The molecule has 0 aliphatic carbocycles. The van der Waals surface area contributed by atoms with Crippen LogP contribution in [0.2, 0.25) is 0 Å². The van der Waals surface area contributed by atoms with E-state index in [4.69, 9.17) is 9.84 Å². The molecule has 0 aromatic heterocycles. The van der Waals surface area contributed by atoms with Crippen molar-refractivity contribution >= 4 is 17.5 Å². The molecular weight excluding hydrogens is 332 g/mol. The van der Waals surface area contributed by atoms with Crippen LogP contribution in [-0.4, -0.2) is 69.5 Å². The number of aliphatic hydroxyl groups is 4. The minimum atomic E-state index is -1.55. The third kappa shape index (κ3) is 4.97. The summed E-state index contributed by atoms with van der Waals surface area (Å²) in [6.45, 7) is 0.816. The van der Waals surface area contributed by atoms with Gasteiger partial charge in [0.15, 0.2) is 6.29 Å². The van der Waals surface area contributed by atoms with Crippen molar-refractivity contribution in [3.8, 4) is 0 Å². The van der Waals surface area contributed by atoms with Crippen LogP contribution in [0.3, 0.4) is 0 Å². The molecule has 1 heterocycles. The zero-order valence-corrected chi connectivity index (χ0v) is 13.6. The monoisotopic (exact) mass is 354 g/mol. The molecule has 0 radical (unpaired) electrons. The molecule has 1 aliphatic heterocycles. The second kappa shape index (κ2) is 8.37. The van der Waals surface area contributed by atoms with E-state index in [-0.39, 0.29) is 12.3 Å². The molecule has 1 aliphatic rings. The fourth-order valence-electron chi connectivity index (χ4n) is 2.58. The van der Waals surface area contributed by atoms with Crippen LogP contribution in [0.4, 0.5) is 5.69 Å². The number of benzene rings is 1. The molecule has 2 amide bonds. The van der Waals surface area contributed by atoms with Crippen molar-refractivity contribution in [1.82, 2.24) is 5.32 Å². The summed E-state index contributed by atoms with van der Waals surface area (Å²) < 4.78 is 4.98. The van der Waals surface area contributed by atoms with Gasteiger partial charge in [-0.25, -0.2) is 0 Å². The molecule has 5 atom stereocenters. The van der Waals surface area contributed by atoms with Crippen molar-refractivity contribution < 1.29 is 34.8 Å². The Bertz CT molecular complexity index is 607. The summed E-state index contributed by atoms with van der Waals surface area (Å²) in [5, 5.41) is 43.7. The maximum absolute atomic E-state index is 12.1. The van der Waals surface area contributed by atoms with Crippen molar-refractivity contribution in [3.05, 3.63) is 29.8 Å². The quantitative estimate of drug-likeness (QED) is 0.362.